The molecule has 0 bridgehead atoms. The first-order chi connectivity index (χ1) is 7.58. The standard InChI is InChI=1S/C12H14FNO2/c1-8-6-9(13)2-3-11(8)12(16)14-5-4-10(15)7-14/h2-3,6,10,15H,4-5,7H2,1H3/t10-/m1/s1. The van der Waals surface area contributed by atoms with Gasteiger partial charge in [-0.05, 0) is 37.1 Å². The SMILES string of the molecule is Cc1cc(F)ccc1C(=O)N1CC[C@@H](O)C1. The van der Waals surface area contributed by atoms with Crippen molar-refractivity contribution >= 4 is 5.91 Å². The largest absolute Gasteiger partial charge is 0.391 e. The fourth-order valence-corrected chi connectivity index (χ4v) is 1.96. The predicted molar refractivity (Wildman–Crippen MR) is 57.7 cm³/mol. The first-order valence-corrected chi connectivity index (χ1v) is 5.31. The van der Waals surface area contributed by atoms with Crippen molar-refractivity contribution in [1.82, 2.24) is 4.90 Å². The Bertz CT molecular complexity index is 419. The summed E-state index contributed by atoms with van der Waals surface area (Å²) in [5.41, 5.74) is 1.14. The van der Waals surface area contributed by atoms with Crippen LogP contribution in [-0.4, -0.2) is 35.1 Å². The van der Waals surface area contributed by atoms with Gasteiger partial charge in [-0.2, -0.15) is 0 Å². The molecule has 1 amide bonds. The first kappa shape index (κ1) is 11.1. The number of benzene rings is 1. The van der Waals surface area contributed by atoms with Gasteiger partial charge in [0, 0.05) is 18.7 Å². The van der Waals surface area contributed by atoms with Crippen LogP contribution in [0.4, 0.5) is 4.39 Å². The van der Waals surface area contributed by atoms with Gasteiger partial charge in [-0.25, -0.2) is 4.39 Å². The fraction of sp³-hybridized carbons (Fsp3) is 0.417. The monoisotopic (exact) mass is 223 g/mol. The van der Waals surface area contributed by atoms with E-state index in [1.807, 2.05) is 0 Å². The number of rotatable bonds is 1. The number of hydrogen-bond acceptors (Lipinski definition) is 2. The Balaban J connectivity index is 2.21. The fourth-order valence-electron chi connectivity index (χ4n) is 1.96. The summed E-state index contributed by atoms with van der Waals surface area (Å²) in [5.74, 6) is -0.468. The summed E-state index contributed by atoms with van der Waals surface area (Å²) in [6.07, 6.45) is 0.191. The molecule has 0 unspecified atom stereocenters. The molecule has 1 aromatic rings. The van der Waals surface area contributed by atoms with Crippen LogP contribution in [-0.2, 0) is 0 Å². The van der Waals surface area contributed by atoms with E-state index >= 15 is 0 Å². The topological polar surface area (TPSA) is 40.5 Å². The van der Waals surface area contributed by atoms with Gasteiger partial charge in [0.25, 0.3) is 5.91 Å². The summed E-state index contributed by atoms with van der Waals surface area (Å²) in [4.78, 5) is 13.6. The van der Waals surface area contributed by atoms with E-state index in [2.05, 4.69) is 0 Å². The molecule has 1 aromatic carbocycles. The van der Waals surface area contributed by atoms with E-state index in [0.29, 0.717) is 30.6 Å². The third kappa shape index (κ3) is 2.07. The molecular weight excluding hydrogens is 209 g/mol. The number of likely N-dealkylation sites (tertiary alicyclic amines) is 1. The molecule has 0 saturated carbocycles. The van der Waals surface area contributed by atoms with E-state index < -0.39 is 6.10 Å². The van der Waals surface area contributed by atoms with E-state index in [0.717, 1.165) is 0 Å². The van der Waals surface area contributed by atoms with Crippen LogP contribution in [0.1, 0.15) is 22.3 Å². The van der Waals surface area contributed by atoms with Crippen LogP contribution in [0.3, 0.4) is 0 Å². The van der Waals surface area contributed by atoms with Crippen molar-refractivity contribution in [1.29, 1.82) is 0 Å². The van der Waals surface area contributed by atoms with Crippen LogP contribution >= 0.6 is 0 Å². The van der Waals surface area contributed by atoms with Gasteiger partial charge in [-0.3, -0.25) is 4.79 Å². The number of amides is 1. The van der Waals surface area contributed by atoms with Gasteiger partial charge in [0.15, 0.2) is 0 Å². The number of carbonyl (C=O) groups is 1. The zero-order valence-electron chi connectivity index (χ0n) is 9.11. The van der Waals surface area contributed by atoms with Crippen LogP contribution in [0.25, 0.3) is 0 Å². The highest BCUT2D eigenvalue weighted by molar-refractivity contribution is 5.95. The molecule has 3 nitrogen and oxygen atoms in total. The average Bonchev–Trinajstić information content (AvgIpc) is 2.64. The Morgan fingerprint density at radius 3 is 2.88 bits per heavy atom. The smallest absolute Gasteiger partial charge is 0.254 e. The Kier molecular flexibility index (Phi) is 2.92. The number of aliphatic hydroxyl groups excluding tert-OH is 1. The maximum absolute atomic E-state index is 12.9. The van der Waals surface area contributed by atoms with Gasteiger partial charge in [-0.1, -0.05) is 0 Å². The minimum Gasteiger partial charge on any atom is -0.391 e. The van der Waals surface area contributed by atoms with Crippen molar-refractivity contribution in [2.75, 3.05) is 13.1 Å². The van der Waals surface area contributed by atoms with Crippen molar-refractivity contribution in [3.63, 3.8) is 0 Å². The quantitative estimate of drug-likeness (QED) is 0.780. The molecule has 1 N–H and O–H groups in total. The Morgan fingerprint density at radius 2 is 2.31 bits per heavy atom. The van der Waals surface area contributed by atoms with Gasteiger partial charge in [0.05, 0.1) is 6.10 Å². The summed E-state index contributed by atoms with van der Waals surface area (Å²) in [5, 5.41) is 9.35. The molecule has 1 fully saturated rings. The minimum absolute atomic E-state index is 0.131. The molecule has 16 heavy (non-hydrogen) atoms. The number of halogens is 1. The highest BCUT2D eigenvalue weighted by atomic mass is 19.1. The van der Waals surface area contributed by atoms with Crippen molar-refractivity contribution in [2.45, 2.75) is 19.4 Å². The minimum atomic E-state index is -0.426. The van der Waals surface area contributed by atoms with E-state index in [9.17, 15) is 14.3 Å². The Labute approximate surface area is 93.5 Å². The number of aryl methyl sites for hydroxylation is 1. The van der Waals surface area contributed by atoms with E-state index in [-0.39, 0.29) is 11.7 Å². The Hall–Kier alpha value is -1.42. The predicted octanol–water partition coefficient (Wildman–Crippen LogP) is 1.34. The highest BCUT2D eigenvalue weighted by Gasteiger charge is 2.26. The van der Waals surface area contributed by atoms with Gasteiger partial charge in [-0.15, -0.1) is 0 Å². The molecule has 0 aromatic heterocycles. The molecule has 0 spiro atoms. The number of hydrogen-bond donors (Lipinski definition) is 1. The zero-order chi connectivity index (χ0) is 11.7. The third-order valence-corrected chi connectivity index (χ3v) is 2.87. The summed E-state index contributed by atoms with van der Waals surface area (Å²) >= 11 is 0. The molecule has 0 aliphatic carbocycles. The van der Waals surface area contributed by atoms with Crippen molar-refractivity contribution in [3.05, 3.63) is 35.1 Å². The molecule has 1 saturated heterocycles. The summed E-state index contributed by atoms with van der Waals surface area (Å²) in [6.45, 7) is 2.65. The number of nitrogens with zero attached hydrogens (tertiary/aromatic N) is 1. The third-order valence-electron chi connectivity index (χ3n) is 2.87. The Morgan fingerprint density at radius 1 is 1.56 bits per heavy atom. The number of β-amino-alcohol motifs (C(OH)–C–C–N with tert-alkyl or cyclic N) is 1. The first-order valence-electron chi connectivity index (χ1n) is 5.31. The van der Waals surface area contributed by atoms with Gasteiger partial charge in [0.1, 0.15) is 5.82 Å². The molecule has 1 heterocycles. The van der Waals surface area contributed by atoms with Crippen LogP contribution in [0.2, 0.25) is 0 Å². The summed E-state index contributed by atoms with van der Waals surface area (Å²) in [6, 6.07) is 4.13. The maximum atomic E-state index is 12.9. The average molecular weight is 223 g/mol. The second kappa shape index (κ2) is 4.22. The lowest BCUT2D eigenvalue weighted by molar-refractivity contribution is 0.0764. The number of aliphatic hydroxyl groups is 1. The summed E-state index contributed by atoms with van der Waals surface area (Å²) < 4.78 is 12.9. The normalized spacial score (nSPS) is 20.2. The lowest BCUT2D eigenvalue weighted by Crippen LogP contribution is -2.30. The van der Waals surface area contributed by atoms with Crippen LogP contribution in [0.15, 0.2) is 18.2 Å². The van der Waals surface area contributed by atoms with E-state index in [1.54, 1.807) is 11.8 Å². The molecule has 1 aliphatic heterocycles. The van der Waals surface area contributed by atoms with Crippen molar-refractivity contribution in [3.8, 4) is 0 Å². The van der Waals surface area contributed by atoms with Gasteiger partial charge < -0.3 is 10.0 Å². The van der Waals surface area contributed by atoms with Gasteiger partial charge in [0.2, 0.25) is 0 Å². The lowest BCUT2D eigenvalue weighted by Gasteiger charge is -2.16. The van der Waals surface area contributed by atoms with Crippen LogP contribution in [0.5, 0.6) is 0 Å². The molecular formula is C12H14FNO2. The molecule has 2 rings (SSSR count). The second-order valence-corrected chi connectivity index (χ2v) is 4.15. The van der Waals surface area contributed by atoms with Crippen molar-refractivity contribution in [2.24, 2.45) is 0 Å². The maximum Gasteiger partial charge on any atom is 0.254 e. The molecule has 86 valence electrons. The highest BCUT2D eigenvalue weighted by Crippen LogP contribution is 2.17. The van der Waals surface area contributed by atoms with Gasteiger partial charge >= 0.3 is 0 Å². The van der Waals surface area contributed by atoms with Crippen LogP contribution in [0, 0.1) is 12.7 Å². The molecule has 1 aliphatic rings. The van der Waals surface area contributed by atoms with E-state index in [4.69, 9.17) is 0 Å². The van der Waals surface area contributed by atoms with Crippen LogP contribution < -0.4 is 0 Å². The zero-order valence-corrected chi connectivity index (χ0v) is 9.11. The molecule has 1 atom stereocenters. The number of carbonyl (C=O) groups excluding carboxylic acids is 1. The summed E-state index contributed by atoms with van der Waals surface area (Å²) in [7, 11) is 0. The molecule has 0 radical (unpaired) electrons. The van der Waals surface area contributed by atoms with E-state index in [1.165, 1.54) is 18.2 Å². The second-order valence-electron chi connectivity index (χ2n) is 4.15. The van der Waals surface area contributed by atoms with Crippen molar-refractivity contribution < 1.29 is 14.3 Å². The molecule has 4 heteroatoms. The lowest BCUT2D eigenvalue weighted by atomic mass is 10.1.